The molecule has 4 rings (SSSR count). The average Bonchev–Trinajstić information content (AvgIpc) is 3.47. The number of hydrogen-bond donors (Lipinski definition) is 1. The first-order valence-electron chi connectivity index (χ1n) is 11.6. The van der Waals surface area contributed by atoms with Gasteiger partial charge in [0.25, 0.3) is 0 Å². The molecule has 0 radical (unpaired) electrons. The Hall–Kier alpha value is -1.91. The van der Waals surface area contributed by atoms with Crippen molar-refractivity contribution in [2.24, 2.45) is 17.3 Å². The van der Waals surface area contributed by atoms with Crippen LogP contribution in [0.2, 0.25) is 0 Å². The summed E-state index contributed by atoms with van der Waals surface area (Å²) in [6.45, 7) is 2.32. The minimum absolute atomic E-state index is 0.144. The van der Waals surface area contributed by atoms with Crippen molar-refractivity contribution < 1.29 is 9.59 Å². The van der Waals surface area contributed by atoms with E-state index in [1.165, 1.54) is 32.1 Å². The summed E-state index contributed by atoms with van der Waals surface area (Å²) in [6.07, 6.45) is 14.0. The Morgan fingerprint density at radius 3 is 2.66 bits per heavy atom. The van der Waals surface area contributed by atoms with Gasteiger partial charge in [0, 0.05) is 50.3 Å². The van der Waals surface area contributed by atoms with Crippen LogP contribution in [0.3, 0.4) is 0 Å². The molecule has 0 bridgehead atoms. The zero-order valence-corrected chi connectivity index (χ0v) is 17.6. The van der Waals surface area contributed by atoms with Gasteiger partial charge in [-0.15, -0.1) is 0 Å². The summed E-state index contributed by atoms with van der Waals surface area (Å²) in [6, 6.07) is 5.87. The van der Waals surface area contributed by atoms with Crippen LogP contribution in [0.15, 0.2) is 24.4 Å². The second-order valence-electron chi connectivity index (χ2n) is 9.40. The summed E-state index contributed by atoms with van der Waals surface area (Å²) in [4.78, 5) is 31.5. The standard InChI is InChI=1S/C24H35N3O2/c28-22(10-9-19-6-2-1-3-7-19)27-16-12-24(13-17-27)18-21(24)23(29)26-15-11-20-8-4-5-14-25-20/h4-5,8,14,19,21H,1-3,6-7,9-13,15-18H2,(H,26,29)/t21-/m1/s1. The van der Waals surface area contributed by atoms with Crippen molar-refractivity contribution in [3.63, 3.8) is 0 Å². The Morgan fingerprint density at radius 2 is 1.93 bits per heavy atom. The lowest BCUT2D eigenvalue weighted by molar-refractivity contribution is -0.133. The Labute approximate surface area is 174 Å². The maximum absolute atomic E-state index is 12.6. The lowest BCUT2D eigenvalue weighted by Crippen LogP contribution is -2.40. The number of amides is 2. The third-order valence-corrected chi connectivity index (χ3v) is 7.52. The number of hydrogen-bond acceptors (Lipinski definition) is 3. The molecule has 158 valence electrons. The van der Waals surface area contributed by atoms with Crippen LogP contribution in [0, 0.1) is 17.3 Å². The lowest BCUT2D eigenvalue weighted by atomic mass is 9.85. The monoisotopic (exact) mass is 397 g/mol. The second-order valence-corrected chi connectivity index (χ2v) is 9.40. The maximum Gasteiger partial charge on any atom is 0.223 e. The minimum atomic E-state index is 0.144. The van der Waals surface area contributed by atoms with Crippen molar-refractivity contribution in [1.82, 2.24) is 15.2 Å². The summed E-state index contributed by atoms with van der Waals surface area (Å²) < 4.78 is 0. The van der Waals surface area contributed by atoms with Gasteiger partial charge in [0.1, 0.15) is 0 Å². The van der Waals surface area contributed by atoms with Crippen LogP contribution >= 0.6 is 0 Å². The molecule has 0 aromatic carbocycles. The van der Waals surface area contributed by atoms with Crippen molar-refractivity contribution in [2.45, 2.75) is 70.6 Å². The quantitative estimate of drug-likeness (QED) is 0.763. The molecule has 0 unspecified atom stereocenters. The second kappa shape index (κ2) is 9.27. The fourth-order valence-electron chi connectivity index (χ4n) is 5.42. The molecule has 29 heavy (non-hydrogen) atoms. The number of nitrogens with one attached hydrogen (secondary N) is 1. The molecule has 3 aliphatic rings. The number of likely N-dealkylation sites (tertiary alicyclic amines) is 1. The van der Waals surface area contributed by atoms with Gasteiger partial charge in [0.05, 0.1) is 0 Å². The predicted octanol–water partition coefficient (Wildman–Crippen LogP) is 3.73. The smallest absolute Gasteiger partial charge is 0.223 e. The van der Waals surface area contributed by atoms with Crippen molar-refractivity contribution >= 4 is 11.8 Å². The van der Waals surface area contributed by atoms with E-state index in [2.05, 4.69) is 15.2 Å². The Balaban J connectivity index is 1.15. The van der Waals surface area contributed by atoms with E-state index in [-0.39, 0.29) is 17.2 Å². The van der Waals surface area contributed by atoms with Gasteiger partial charge in [-0.3, -0.25) is 14.6 Å². The van der Waals surface area contributed by atoms with E-state index >= 15 is 0 Å². The van der Waals surface area contributed by atoms with Gasteiger partial charge in [0.15, 0.2) is 0 Å². The number of nitrogens with zero attached hydrogens (tertiary/aromatic N) is 2. The summed E-state index contributed by atoms with van der Waals surface area (Å²) in [5, 5.41) is 3.10. The first-order chi connectivity index (χ1) is 14.2. The molecule has 1 aliphatic heterocycles. The third-order valence-electron chi connectivity index (χ3n) is 7.52. The number of pyridine rings is 1. The molecule has 5 nitrogen and oxygen atoms in total. The van der Waals surface area contributed by atoms with E-state index in [4.69, 9.17) is 0 Å². The van der Waals surface area contributed by atoms with Crippen molar-refractivity contribution in [3.05, 3.63) is 30.1 Å². The Kier molecular flexibility index (Phi) is 6.51. The zero-order chi connectivity index (χ0) is 20.1. The molecular weight excluding hydrogens is 362 g/mol. The van der Waals surface area contributed by atoms with Gasteiger partial charge in [-0.1, -0.05) is 38.2 Å². The normalized spacial score (nSPS) is 23.7. The molecule has 2 heterocycles. The van der Waals surface area contributed by atoms with Crippen LogP contribution in [0.25, 0.3) is 0 Å². The highest BCUT2D eigenvalue weighted by Crippen LogP contribution is 2.59. The van der Waals surface area contributed by atoms with Crippen LogP contribution in [-0.4, -0.2) is 41.3 Å². The van der Waals surface area contributed by atoms with E-state index in [0.29, 0.717) is 12.5 Å². The van der Waals surface area contributed by atoms with Gasteiger partial charge < -0.3 is 10.2 Å². The predicted molar refractivity (Wildman–Crippen MR) is 113 cm³/mol. The number of aromatic nitrogens is 1. The molecule has 1 spiro atoms. The highest BCUT2D eigenvalue weighted by atomic mass is 16.2. The van der Waals surface area contributed by atoms with Crippen molar-refractivity contribution in [3.8, 4) is 0 Å². The minimum Gasteiger partial charge on any atom is -0.355 e. The van der Waals surface area contributed by atoms with Gasteiger partial charge in [-0.25, -0.2) is 0 Å². The molecule has 2 saturated carbocycles. The van der Waals surface area contributed by atoms with Crippen LogP contribution in [0.4, 0.5) is 0 Å². The molecule has 2 aliphatic carbocycles. The van der Waals surface area contributed by atoms with Crippen LogP contribution in [-0.2, 0) is 16.0 Å². The largest absolute Gasteiger partial charge is 0.355 e. The zero-order valence-electron chi connectivity index (χ0n) is 17.6. The molecule has 1 aromatic rings. The average molecular weight is 398 g/mol. The van der Waals surface area contributed by atoms with Crippen LogP contribution in [0.1, 0.15) is 69.9 Å². The number of piperidine rings is 1. The van der Waals surface area contributed by atoms with E-state index in [0.717, 1.165) is 63.2 Å². The van der Waals surface area contributed by atoms with Gasteiger partial charge >= 0.3 is 0 Å². The van der Waals surface area contributed by atoms with Crippen molar-refractivity contribution in [2.75, 3.05) is 19.6 Å². The Morgan fingerprint density at radius 1 is 1.14 bits per heavy atom. The molecular formula is C24H35N3O2. The number of carbonyl (C=O) groups is 2. The van der Waals surface area contributed by atoms with E-state index in [1.807, 2.05) is 18.2 Å². The fraction of sp³-hybridized carbons (Fsp3) is 0.708. The van der Waals surface area contributed by atoms with Gasteiger partial charge in [-0.05, 0) is 49.1 Å². The van der Waals surface area contributed by atoms with E-state index < -0.39 is 0 Å². The highest BCUT2D eigenvalue weighted by Gasteiger charge is 2.58. The van der Waals surface area contributed by atoms with Gasteiger partial charge in [0.2, 0.25) is 11.8 Å². The molecule has 2 amide bonds. The maximum atomic E-state index is 12.6. The van der Waals surface area contributed by atoms with Crippen LogP contribution in [0.5, 0.6) is 0 Å². The molecule has 1 atom stereocenters. The first-order valence-corrected chi connectivity index (χ1v) is 11.6. The topological polar surface area (TPSA) is 62.3 Å². The molecule has 5 heteroatoms. The number of carbonyl (C=O) groups excluding carboxylic acids is 2. The Bertz CT molecular complexity index is 691. The van der Waals surface area contributed by atoms with E-state index in [9.17, 15) is 9.59 Å². The SMILES string of the molecule is O=C(NCCc1ccccn1)[C@H]1CC12CCN(C(=O)CCC1CCCCC1)CC2. The molecule has 1 aromatic heterocycles. The molecule has 1 N–H and O–H groups in total. The fourth-order valence-corrected chi connectivity index (χ4v) is 5.42. The molecule has 1 saturated heterocycles. The van der Waals surface area contributed by atoms with Crippen molar-refractivity contribution in [1.29, 1.82) is 0 Å². The number of rotatable bonds is 7. The molecule has 3 fully saturated rings. The van der Waals surface area contributed by atoms with Crippen LogP contribution < -0.4 is 5.32 Å². The van der Waals surface area contributed by atoms with Gasteiger partial charge in [-0.2, -0.15) is 0 Å². The summed E-state index contributed by atoms with van der Waals surface area (Å²) in [5.74, 6) is 1.44. The summed E-state index contributed by atoms with van der Waals surface area (Å²) in [5.41, 5.74) is 1.17. The summed E-state index contributed by atoms with van der Waals surface area (Å²) >= 11 is 0. The summed E-state index contributed by atoms with van der Waals surface area (Å²) in [7, 11) is 0. The van der Waals surface area contributed by atoms with E-state index in [1.54, 1.807) is 6.20 Å². The third kappa shape index (κ3) is 5.18. The first kappa shape index (κ1) is 20.4. The lowest BCUT2D eigenvalue weighted by Gasteiger charge is -2.33. The highest BCUT2D eigenvalue weighted by molar-refractivity contribution is 5.83.